The van der Waals surface area contributed by atoms with Gasteiger partial charge in [0.15, 0.2) is 6.61 Å². The van der Waals surface area contributed by atoms with E-state index in [4.69, 9.17) is 8.92 Å². The molecule has 218 valence electrons. The maximum absolute atomic E-state index is 13.1. The van der Waals surface area contributed by atoms with E-state index in [0.29, 0.717) is 12.8 Å². The number of Topliss-reactive ketones (excluding diaryl/α,β-unsaturated/α-hetero) is 1. The zero-order valence-electron chi connectivity index (χ0n) is 24.2. The summed E-state index contributed by atoms with van der Waals surface area (Å²) in [6.45, 7) is 12.5. The molecule has 2 fully saturated rings. The first-order valence-corrected chi connectivity index (χ1v) is 15.2. The minimum absolute atomic E-state index is 0.0609. The first-order chi connectivity index (χ1) is 18.0. The normalized spacial score (nSPS) is 36.9. The van der Waals surface area contributed by atoms with Crippen LogP contribution in [0.25, 0.3) is 0 Å². The van der Waals surface area contributed by atoms with Crippen LogP contribution in [0.3, 0.4) is 0 Å². The predicted molar refractivity (Wildman–Crippen MR) is 146 cm³/mol. The number of ether oxygens (including phenoxy) is 1. The number of rotatable bonds is 9. The highest BCUT2D eigenvalue weighted by atomic mass is 32.2. The molecule has 0 unspecified atom stereocenters. The highest BCUT2D eigenvalue weighted by molar-refractivity contribution is 7.86. The molecule has 39 heavy (non-hydrogen) atoms. The molecule has 0 aliphatic heterocycles. The summed E-state index contributed by atoms with van der Waals surface area (Å²) >= 11 is 0. The molecule has 0 spiro atoms. The molecular formula is C30H44O8S. The second-order valence-electron chi connectivity index (χ2n) is 12.5. The van der Waals surface area contributed by atoms with E-state index in [-0.39, 0.29) is 34.9 Å². The Morgan fingerprint density at radius 2 is 1.74 bits per heavy atom. The molecule has 0 aromatic heterocycles. The number of carbonyl (C=O) groups is 3. The van der Waals surface area contributed by atoms with E-state index in [1.54, 1.807) is 26.0 Å². The van der Waals surface area contributed by atoms with Gasteiger partial charge in [-0.1, -0.05) is 52.3 Å². The number of fused-ring (bicyclic) bond motifs is 2. The summed E-state index contributed by atoms with van der Waals surface area (Å²) in [7, 11) is -4.18. The standard InChI is InChI=1S/C30H44O8S/c1-19-8-10-24(11-9-19)39(35,36)37-17-26(33)38-25-16-28(6,18-31)27(34)22(4)30(15-13-21(3)32)14-12-20(2)29(25,7)23(30)5/h8-11,18,20,22-23,25,27,34H,12-17H2,1-7H3/t20-,22+,23+,25-,27+,28-,29-,30+/m1/s1. The summed E-state index contributed by atoms with van der Waals surface area (Å²) in [4.78, 5) is 37.6. The lowest BCUT2D eigenvalue weighted by atomic mass is 9.42. The van der Waals surface area contributed by atoms with Crippen molar-refractivity contribution in [1.29, 1.82) is 0 Å². The summed E-state index contributed by atoms with van der Waals surface area (Å²) in [5, 5.41) is 11.6. The quantitative estimate of drug-likeness (QED) is 0.261. The lowest BCUT2D eigenvalue weighted by molar-refractivity contribution is -0.216. The molecule has 1 N–H and O–H groups in total. The maximum Gasteiger partial charge on any atom is 0.333 e. The molecule has 9 heteroatoms. The maximum atomic E-state index is 13.1. The van der Waals surface area contributed by atoms with Gasteiger partial charge in [0.2, 0.25) is 0 Å². The lowest BCUT2D eigenvalue weighted by Gasteiger charge is -2.63. The Bertz CT molecular complexity index is 1180. The van der Waals surface area contributed by atoms with Gasteiger partial charge in [-0.2, -0.15) is 8.42 Å². The molecule has 0 saturated heterocycles. The van der Waals surface area contributed by atoms with E-state index in [0.717, 1.165) is 24.7 Å². The van der Waals surface area contributed by atoms with Crippen molar-refractivity contribution in [3.05, 3.63) is 29.8 Å². The van der Waals surface area contributed by atoms with Crippen molar-refractivity contribution in [3.8, 4) is 0 Å². The molecule has 0 amide bonds. The zero-order valence-corrected chi connectivity index (χ0v) is 25.0. The highest BCUT2D eigenvalue weighted by Gasteiger charge is 2.63. The van der Waals surface area contributed by atoms with Gasteiger partial charge in [-0.3, -0.25) is 4.18 Å². The van der Waals surface area contributed by atoms with Crippen LogP contribution in [0.15, 0.2) is 29.2 Å². The molecule has 3 rings (SSSR count). The van der Waals surface area contributed by atoms with Gasteiger partial charge < -0.3 is 19.4 Å². The molecule has 0 heterocycles. The Hall–Kier alpha value is -2.10. The van der Waals surface area contributed by atoms with Crippen LogP contribution in [0.4, 0.5) is 0 Å². The highest BCUT2D eigenvalue weighted by Crippen LogP contribution is 2.64. The van der Waals surface area contributed by atoms with Crippen molar-refractivity contribution < 1.29 is 36.8 Å². The summed E-state index contributed by atoms with van der Waals surface area (Å²) in [6.07, 6.45) is 1.55. The number of aryl methyl sites for hydroxylation is 1. The molecule has 2 aliphatic carbocycles. The van der Waals surface area contributed by atoms with Crippen molar-refractivity contribution in [1.82, 2.24) is 0 Å². The third-order valence-corrected chi connectivity index (χ3v) is 11.7. The van der Waals surface area contributed by atoms with Crippen LogP contribution in [0.1, 0.15) is 79.2 Å². The molecule has 8 nitrogen and oxygen atoms in total. The Morgan fingerprint density at radius 1 is 1.13 bits per heavy atom. The smallest absolute Gasteiger partial charge is 0.333 e. The van der Waals surface area contributed by atoms with Crippen LogP contribution < -0.4 is 0 Å². The van der Waals surface area contributed by atoms with Crippen molar-refractivity contribution in [2.75, 3.05) is 6.61 Å². The van der Waals surface area contributed by atoms with Crippen molar-refractivity contribution >= 4 is 28.2 Å². The van der Waals surface area contributed by atoms with E-state index >= 15 is 0 Å². The minimum Gasteiger partial charge on any atom is -0.460 e. The van der Waals surface area contributed by atoms with Crippen LogP contribution in [0, 0.1) is 40.9 Å². The number of hydrogen-bond donors (Lipinski definition) is 1. The van der Waals surface area contributed by atoms with Crippen LogP contribution in [0.5, 0.6) is 0 Å². The summed E-state index contributed by atoms with van der Waals surface area (Å²) in [6, 6.07) is 6.10. The average molecular weight is 565 g/mol. The van der Waals surface area contributed by atoms with Gasteiger partial charge in [-0.25, -0.2) is 4.79 Å². The summed E-state index contributed by atoms with van der Waals surface area (Å²) in [5.41, 5.74) is -1.37. The number of aliphatic hydroxyl groups excluding tert-OH is 1. The molecule has 1 aromatic rings. The van der Waals surface area contributed by atoms with Crippen LogP contribution in [0.2, 0.25) is 0 Å². The minimum atomic E-state index is -4.18. The second kappa shape index (κ2) is 11.4. The van der Waals surface area contributed by atoms with Gasteiger partial charge in [0.05, 0.1) is 16.4 Å². The number of hydrogen-bond acceptors (Lipinski definition) is 8. The molecule has 8 atom stereocenters. The van der Waals surface area contributed by atoms with Gasteiger partial charge in [-0.05, 0) is 74.8 Å². The predicted octanol–water partition coefficient (Wildman–Crippen LogP) is 4.65. The van der Waals surface area contributed by atoms with Gasteiger partial charge in [-0.15, -0.1) is 0 Å². The average Bonchev–Trinajstić information content (AvgIpc) is 2.89. The molecular weight excluding hydrogens is 520 g/mol. The molecule has 0 radical (unpaired) electrons. The molecule has 2 saturated carbocycles. The van der Waals surface area contributed by atoms with E-state index < -0.39 is 51.1 Å². The largest absolute Gasteiger partial charge is 0.460 e. The number of benzene rings is 1. The van der Waals surface area contributed by atoms with Crippen LogP contribution >= 0.6 is 0 Å². The van der Waals surface area contributed by atoms with Crippen molar-refractivity contribution in [2.45, 2.75) is 97.7 Å². The fourth-order valence-corrected chi connectivity index (χ4v) is 8.12. The SMILES string of the molecule is CC(=O)CC[C@]12CC[C@@H](C)[C@](C)([C@@H]1C)[C@H](OC(=O)COS(=O)(=O)c1ccc(C)cc1)C[C@](C)(C=O)[C@@H](O)[C@@H]2C. The van der Waals surface area contributed by atoms with Gasteiger partial charge in [0.25, 0.3) is 10.1 Å². The Morgan fingerprint density at radius 3 is 2.31 bits per heavy atom. The lowest BCUT2D eigenvalue weighted by Crippen LogP contribution is -2.63. The number of aliphatic hydroxyl groups is 1. The van der Waals surface area contributed by atoms with Crippen LogP contribution in [-0.4, -0.2) is 50.4 Å². The molecule has 2 bridgehead atoms. The third-order valence-electron chi connectivity index (χ3n) is 10.4. The Kier molecular flexibility index (Phi) is 9.20. The Labute approximate surface area is 233 Å². The van der Waals surface area contributed by atoms with Crippen molar-refractivity contribution in [2.24, 2.45) is 34.0 Å². The van der Waals surface area contributed by atoms with E-state index in [9.17, 15) is 27.9 Å². The Balaban J connectivity index is 1.95. The first-order valence-electron chi connectivity index (χ1n) is 13.8. The van der Waals surface area contributed by atoms with E-state index in [2.05, 4.69) is 20.8 Å². The first kappa shape index (κ1) is 31.4. The molecule has 2 aliphatic rings. The fraction of sp³-hybridized carbons (Fsp3) is 0.700. The summed E-state index contributed by atoms with van der Waals surface area (Å²) in [5.74, 6) is -1.02. The van der Waals surface area contributed by atoms with Gasteiger partial charge >= 0.3 is 5.97 Å². The third kappa shape index (κ3) is 5.86. The number of esters is 1. The second-order valence-corrected chi connectivity index (χ2v) is 14.1. The fourth-order valence-electron chi connectivity index (χ4n) is 7.26. The number of ketones is 1. The summed E-state index contributed by atoms with van der Waals surface area (Å²) < 4.78 is 36.3. The zero-order chi connectivity index (χ0) is 29.4. The molecule has 1 aromatic carbocycles. The monoisotopic (exact) mass is 564 g/mol. The number of carbonyl (C=O) groups excluding carboxylic acids is 3. The van der Waals surface area contributed by atoms with E-state index in [1.807, 2.05) is 13.8 Å². The van der Waals surface area contributed by atoms with E-state index in [1.165, 1.54) is 12.1 Å². The number of aldehydes is 1. The van der Waals surface area contributed by atoms with Gasteiger partial charge in [0, 0.05) is 11.8 Å². The topological polar surface area (TPSA) is 124 Å². The van der Waals surface area contributed by atoms with Gasteiger partial charge in [0.1, 0.15) is 18.2 Å². The van der Waals surface area contributed by atoms with Crippen LogP contribution in [-0.2, 0) is 33.4 Å². The van der Waals surface area contributed by atoms with Crippen molar-refractivity contribution in [3.63, 3.8) is 0 Å².